The van der Waals surface area contributed by atoms with Gasteiger partial charge in [0.1, 0.15) is 11.9 Å². The number of amides is 2. The summed E-state index contributed by atoms with van der Waals surface area (Å²) in [6.45, 7) is 3.85. The van der Waals surface area contributed by atoms with Gasteiger partial charge in [-0.05, 0) is 24.6 Å². The number of carbonyl (C=O) groups excluding carboxylic acids is 2. The van der Waals surface area contributed by atoms with Gasteiger partial charge in [0.05, 0.1) is 36.5 Å². The maximum atomic E-state index is 14.5. The zero-order chi connectivity index (χ0) is 18.0. The van der Waals surface area contributed by atoms with Crippen molar-refractivity contribution in [2.75, 3.05) is 18.0 Å². The third-order valence-electron chi connectivity index (χ3n) is 3.97. The summed E-state index contributed by atoms with van der Waals surface area (Å²) in [5, 5.41) is 2.60. The number of rotatable bonds is 5. The summed E-state index contributed by atoms with van der Waals surface area (Å²) in [5.74, 6) is -0.660. The molecule has 0 bridgehead atoms. The molecule has 2 heterocycles. The van der Waals surface area contributed by atoms with Gasteiger partial charge in [0.15, 0.2) is 0 Å². The SMILES string of the molecule is CCc1cn(-c2ccc(N3C[C@H](CNC(C)=O)OC3=O)cc2F)cn1. The smallest absolute Gasteiger partial charge is 0.414 e. The number of cyclic esters (lactones) is 1. The van der Waals surface area contributed by atoms with E-state index in [0.29, 0.717) is 11.4 Å². The van der Waals surface area contributed by atoms with Gasteiger partial charge in [-0.25, -0.2) is 14.2 Å². The van der Waals surface area contributed by atoms with E-state index in [9.17, 15) is 14.0 Å². The van der Waals surface area contributed by atoms with Gasteiger partial charge >= 0.3 is 6.09 Å². The van der Waals surface area contributed by atoms with Crippen LogP contribution in [0.25, 0.3) is 5.69 Å². The average Bonchev–Trinajstić information content (AvgIpc) is 3.19. The Morgan fingerprint density at radius 2 is 2.28 bits per heavy atom. The lowest BCUT2D eigenvalue weighted by atomic mass is 10.2. The molecule has 132 valence electrons. The number of aromatic nitrogens is 2. The number of hydrogen-bond acceptors (Lipinski definition) is 4. The van der Waals surface area contributed by atoms with Crippen LogP contribution in [0.3, 0.4) is 0 Å². The average molecular weight is 346 g/mol. The predicted molar refractivity (Wildman–Crippen MR) is 89.2 cm³/mol. The van der Waals surface area contributed by atoms with E-state index >= 15 is 0 Å². The molecular weight excluding hydrogens is 327 g/mol. The minimum atomic E-state index is -0.557. The summed E-state index contributed by atoms with van der Waals surface area (Å²) in [6, 6.07) is 4.55. The molecule has 0 aliphatic carbocycles. The number of carbonyl (C=O) groups is 2. The normalized spacial score (nSPS) is 16.8. The van der Waals surface area contributed by atoms with Crippen LogP contribution in [0.2, 0.25) is 0 Å². The third kappa shape index (κ3) is 3.62. The number of imidazole rings is 1. The largest absolute Gasteiger partial charge is 0.442 e. The standard InChI is InChI=1S/C17H19FN4O3/c1-3-12-8-21(10-20-12)16-5-4-13(6-15(16)18)22-9-14(25-17(22)24)7-19-11(2)23/h4-6,8,10,14H,3,7,9H2,1-2H3,(H,19,23)/t14-/m0/s1. The molecule has 1 aliphatic rings. The Hall–Kier alpha value is -2.90. The molecule has 1 saturated heterocycles. The maximum Gasteiger partial charge on any atom is 0.414 e. The van der Waals surface area contributed by atoms with Crippen LogP contribution in [0.5, 0.6) is 0 Å². The number of ether oxygens (including phenoxy) is 1. The third-order valence-corrected chi connectivity index (χ3v) is 3.97. The molecule has 2 aromatic rings. The summed E-state index contributed by atoms with van der Waals surface area (Å²) >= 11 is 0. The van der Waals surface area contributed by atoms with Gasteiger partial charge in [0, 0.05) is 13.1 Å². The van der Waals surface area contributed by atoms with Gasteiger partial charge < -0.3 is 14.6 Å². The number of benzene rings is 1. The highest BCUT2D eigenvalue weighted by molar-refractivity contribution is 5.90. The molecule has 0 radical (unpaired) electrons. The maximum absolute atomic E-state index is 14.5. The Balaban J connectivity index is 1.76. The van der Waals surface area contributed by atoms with E-state index in [1.807, 2.05) is 6.92 Å². The van der Waals surface area contributed by atoms with Crippen LogP contribution in [0.4, 0.5) is 14.9 Å². The van der Waals surface area contributed by atoms with Crippen LogP contribution in [-0.2, 0) is 16.0 Å². The topological polar surface area (TPSA) is 76.5 Å². The minimum Gasteiger partial charge on any atom is -0.442 e. The highest BCUT2D eigenvalue weighted by Gasteiger charge is 2.32. The van der Waals surface area contributed by atoms with Gasteiger partial charge in [-0.1, -0.05) is 6.92 Å². The summed E-state index contributed by atoms with van der Waals surface area (Å²) in [5.41, 5.74) is 1.64. The highest BCUT2D eigenvalue weighted by atomic mass is 19.1. The lowest BCUT2D eigenvalue weighted by Crippen LogP contribution is -2.33. The Morgan fingerprint density at radius 3 is 2.92 bits per heavy atom. The summed E-state index contributed by atoms with van der Waals surface area (Å²) in [7, 11) is 0. The number of aryl methyl sites for hydroxylation is 1. The summed E-state index contributed by atoms with van der Waals surface area (Å²) < 4.78 is 21.3. The minimum absolute atomic E-state index is 0.198. The first kappa shape index (κ1) is 16.9. The first-order valence-corrected chi connectivity index (χ1v) is 8.03. The fraction of sp³-hybridized carbons (Fsp3) is 0.353. The van der Waals surface area contributed by atoms with E-state index in [1.54, 1.807) is 29.2 Å². The molecule has 1 aromatic heterocycles. The van der Waals surface area contributed by atoms with Gasteiger partial charge in [-0.2, -0.15) is 0 Å². The second-order valence-electron chi connectivity index (χ2n) is 5.82. The van der Waals surface area contributed by atoms with Crippen molar-refractivity contribution >= 4 is 17.7 Å². The molecule has 3 rings (SSSR count). The van der Waals surface area contributed by atoms with Crippen molar-refractivity contribution < 1.29 is 18.7 Å². The fourth-order valence-electron chi connectivity index (χ4n) is 2.65. The number of nitrogens with zero attached hydrogens (tertiary/aromatic N) is 3. The quantitative estimate of drug-likeness (QED) is 0.899. The van der Waals surface area contributed by atoms with E-state index in [-0.39, 0.29) is 19.0 Å². The van der Waals surface area contributed by atoms with Crippen molar-refractivity contribution in [3.05, 3.63) is 42.2 Å². The van der Waals surface area contributed by atoms with E-state index < -0.39 is 18.0 Å². The molecule has 7 nitrogen and oxygen atoms in total. The Labute approximate surface area is 144 Å². The predicted octanol–water partition coefficient (Wildman–Crippen LogP) is 2.04. The van der Waals surface area contributed by atoms with Crippen molar-refractivity contribution in [2.45, 2.75) is 26.4 Å². The molecule has 0 spiro atoms. The highest BCUT2D eigenvalue weighted by Crippen LogP contribution is 2.25. The molecule has 0 saturated carbocycles. The van der Waals surface area contributed by atoms with Gasteiger partial charge in [-0.3, -0.25) is 9.69 Å². The van der Waals surface area contributed by atoms with Crippen molar-refractivity contribution in [1.29, 1.82) is 0 Å². The van der Waals surface area contributed by atoms with Crippen molar-refractivity contribution in [3.8, 4) is 5.69 Å². The van der Waals surface area contributed by atoms with Crippen molar-refractivity contribution in [1.82, 2.24) is 14.9 Å². The molecule has 0 unspecified atom stereocenters. The van der Waals surface area contributed by atoms with Crippen LogP contribution in [0.1, 0.15) is 19.5 Å². The number of halogens is 1. The molecule has 2 amide bonds. The van der Waals surface area contributed by atoms with Crippen molar-refractivity contribution in [3.63, 3.8) is 0 Å². The molecule has 25 heavy (non-hydrogen) atoms. The Morgan fingerprint density at radius 1 is 1.48 bits per heavy atom. The molecule has 1 aromatic carbocycles. The summed E-state index contributed by atoms with van der Waals surface area (Å²) in [4.78, 5) is 28.5. The van der Waals surface area contributed by atoms with E-state index in [1.165, 1.54) is 17.9 Å². The fourth-order valence-corrected chi connectivity index (χ4v) is 2.65. The molecule has 1 atom stereocenters. The van der Waals surface area contributed by atoms with Crippen LogP contribution in [0.15, 0.2) is 30.7 Å². The molecule has 1 fully saturated rings. The second-order valence-corrected chi connectivity index (χ2v) is 5.82. The van der Waals surface area contributed by atoms with Gasteiger partial charge in [-0.15, -0.1) is 0 Å². The van der Waals surface area contributed by atoms with Gasteiger partial charge in [0.25, 0.3) is 0 Å². The molecule has 1 aliphatic heterocycles. The van der Waals surface area contributed by atoms with E-state index in [0.717, 1.165) is 12.1 Å². The van der Waals surface area contributed by atoms with E-state index in [4.69, 9.17) is 4.74 Å². The summed E-state index contributed by atoms with van der Waals surface area (Å²) in [6.07, 6.45) is 3.08. The monoisotopic (exact) mass is 346 g/mol. The Bertz CT molecular complexity index is 805. The zero-order valence-electron chi connectivity index (χ0n) is 14.0. The van der Waals surface area contributed by atoms with Crippen LogP contribution in [0, 0.1) is 5.82 Å². The lowest BCUT2D eigenvalue weighted by Gasteiger charge is -2.14. The molecular formula is C17H19FN4O3. The van der Waals surface area contributed by atoms with Crippen LogP contribution in [-0.4, -0.2) is 40.7 Å². The van der Waals surface area contributed by atoms with Crippen LogP contribution >= 0.6 is 0 Å². The first-order chi connectivity index (χ1) is 12.0. The van der Waals surface area contributed by atoms with Gasteiger partial charge in [0.2, 0.25) is 5.91 Å². The zero-order valence-corrected chi connectivity index (χ0v) is 14.0. The number of nitrogens with one attached hydrogen (secondary N) is 1. The first-order valence-electron chi connectivity index (χ1n) is 8.03. The van der Waals surface area contributed by atoms with Crippen molar-refractivity contribution in [2.24, 2.45) is 0 Å². The molecule has 1 N–H and O–H groups in total. The lowest BCUT2D eigenvalue weighted by molar-refractivity contribution is -0.119. The Kier molecular flexibility index (Phi) is 4.69. The number of anilines is 1. The van der Waals surface area contributed by atoms with Crippen LogP contribution < -0.4 is 10.2 Å². The van der Waals surface area contributed by atoms with E-state index in [2.05, 4.69) is 10.3 Å². The molecule has 8 heteroatoms. The number of hydrogen-bond donors (Lipinski definition) is 1. The second kappa shape index (κ2) is 6.92.